The Labute approximate surface area is 88.9 Å². The number of fused-ring (bicyclic) bond motifs is 1. The minimum atomic E-state index is 0.0920. The zero-order valence-corrected chi connectivity index (χ0v) is 8.07. The first-order valence-corrected chi connectivity index (χ1v) is 4.57. The number of nitrogens with one attached hydrogen (secondary N) is 1. The molecular formula is C8H7N7O. The molecule has 0 fully saturated rings. The monoisotopic (exact) mass is 217 g/mol. The summed E-state index contributed by atoms with van der Waals surface area (Å²) < 4.78 is 1.55. The summed E-state index contributed by atoms with van der Waals surface area (Å²) in [4.78, 5) is 3.95. The molecule has 2 N–H and O–H groups in total. The maximum Gasteiger partial charge on any atom is 0.197 e. The topological polar surface area (TPSA) is 105 Å². The van der Waals surface area contributed by atoms with E-state index in [0.29, 0.717) is 17.9 Å². The van der Waals surface area contributed by atoms with E-state index in [0.717, 1.165) is 5.69 Å². The Hall–Kier alpha value is -2.51. The fourth-order valence-corrected chi connectivity index (χ4v) is 1.50. The molecule has 16 heavy (non-hydrogen) atoms. The Bertz CT molecular complexity index is 614. The molecule has 0 unspecified atom stereocenters. The lowest BCUT2D eigenvalue weighted by Gasteiger charge is -2.02. The molecule has 0 aromatic carbocycles. The van der Waals surface area contributed by atoms with Gasteiger partial charge < -0.3 is 5.11 Å². The highest BCUT2D eigenvalue weighted by atomic mass is 16.3. The third kappa shape index (κ3) is 1.28. The molecule has 8 nitrogen and oxygen atoms in total. The van der Waals surface area contributed by atoms with Crippen molar-refractivity contribution < 1.29 is 5.11 Å². The minimum absolute atomic E-state index is 0.0920. The van der Waals surface area contributed by atoms with Crippen molar-refractivity contribution in [2.75, 3.05) is 0 Å². The van der Waals surface area contributed by atoms with Crippen molar-refractivity contribution in [2.45, 2.75) is 6.42 Å². The zero-order valence-electron chi connectivity index (χ0n) is 8.07. The van der Waals surface area contributed by atoms with E-state index in [2.05, 4.69) is 30.7 Å². The van der Waals surface area contributed by atoms with Crippen molar-refractivity contribution in [3.63, 3.8) is 0 Å². The van der Waals surface area contributed by atoms with Gasteiger partial charge in [-0.05, 0) is 12.1 Å². The second-order valence-electron chi connectivity index (χ2n) is 3.21. The Morgan fingerprint density at radius 2 is 2.31 bits per heavy atom. The first kappa shape index (κ1) is 8.77. The predicted molar refractivity (Wildman–Crippen MR) is 51.6 cm³/mol. The van der Waals surface area contributed by atoms with E-state index < -0.39 is 0 Å². The molecule has 3 aromatic heterocycles. The van der Waals surface area contributed by atoms with Gasteiger partial charge in [-0.2, -0.15) is 10.3 Å². The molecule has 0 amide bonds. The van der Waals surface area contributed by atoms with Crippen LogP contribution in [0.15, 0.2) is 18.5 Å². The van der Waals surface area contributed by atoms with Crippen LogP contribution in [0, 0.1) is 0 Å². The SMILES string of the molecule is Oc1ccc(Cc2nn[nH]n2)n2ncnc12. The fraction of sp³-hybridized carbons (Fsp3) is 0.125. The first-order chi connectivity index (χ1) is 7.84. The molecule has 80 valence electrons. The molecule has 0 saturated carbocycles. The van der Waals surface area contributed by atoms with Crippen LogP contribution in [0.4, 0.5) is 0 Å². The summed E-state index contributed by atoms with van der Waals surface area (Å²) in [6.45, 7) is 0. The predicted octanol–water partition coefficient (Wildman–Crippen LogP) is -0.461. The maximum absolute atomic E-state index is 9.54. The summed E-state index contributed by atoms with van der Waals surface area (Å²) in [5.74, 6) is 0.650. The van der Waals surface area contributed by atoms with Gasteiger partial charge in [0.15, 0.2) is 17.2 Å². The second kappa shape index (κ2) is 3.26. The summed E-state index contributed by atoms with van der Waals surface area (Å²) in [5.41, 5.74) is 1.24. The van der Waals surface area contributed by atoms with Gasteiger partial charge in [0, 0.05) is 0 Å². The van der Waals surface area contributed by atoms with Gasteiger partial charge in [-0.25, -0.2) is 9.50 Å². The number of rotatable bonds is 2. The van der Waals surface area contributed by atoms with Crippen LogP contribution in [-0.4, -0.2) is 40.3 Å². The summed E-state index contributed by atoms with van der Waals surface area (Å²) in [6.07, 6.45) is 1.85. The number of pyridine rings is 1. The van der Waals surface area contributed by atoms with E-state index >= 15 is 0 Å². The molecule has 0 atom stereocenters. The highest BCUT2D eigenvalue weighted by Gasteiger charge is 2.09. The highest BCUT2D eigenvalue weighted by molar-refractivity contribution is 5.52. The van der Waals surface area contributed by atoms with E-state index in [-0.39, 0.29) is 5.75 Å². The molecule has 8 heteroatoms. The number of aromatic hydroxyl groups is 1. The second-order valence-corrected chi connectivity index (χ2v) is 3.21. The molecule has 3 rings (SSSR count). The molecule has 0 radical (unpaired) electrons. The number of aromatic amines is 1. The van der Waals surface area contributed by atoms with Crippen LogP contribution in [0.25, 0.3) is 5.65 Å². The average molecular weight is 217 g/mol. The molecule has 0 spiro atoms. The smallest absolute Gasteiger partial charge is 0.197 e. The minimum Gasteiger partial charge on any atom is -0.504 e. The van der Waals surface area contributed by atoms with Gasteiger partial charge in [0.05, 0.1) is 12.1 Å². The lowest BCUT2D eigenvalue weighted by molar-refractivity contribution is 0.476. The van der Waals surface area contributed by atoms with Crippen molar-refractivity contribution in [3.8, 4) is 5.75 Å². The summed E-state index contributed by atoms with van der Waals surface area (Å²) in [5, 5.41) is 27.1. The zero-order chi connectivity index (χ0) is 11.0. The Morgan fingerprint density at radius 1 is 1.38 bits per heavy atom. The van der Waals surface area contributed by atoms with Gasteiger partial charge in [0.25, 0.3) is 0 Å². The van der Waals surface area contributed by atoms with E-state index in [1.807, 2.05) is 0 Å². The molecular weight excluding hydrogens is 210 g/mol. The van der Waals surface area contributed by atoms with Crippen molar-refractivity contribution in [3.05, 3.63) is 30.0 Å². The van der Waals surface area contributed by atoms with E-state index in [1.54, 1.807) is 16.6 Å². The summed E-state index contributed by atoms with van der Waals surface area (Å²) in [6, 6.07) is 3.31. The average Bonchev–Trinajstić information content (AvgIpc) is 2.92. The van der Waals surface area contributed by atoms with Crippen molar-refractivity contribution in [1.82, 2.24) is 35.2 Å². The van der Waals surface area contributed by atoms with Gasteiger partial charge in [-0.15, -0.1) is 10.2 Å². The van der Waals surface area contributed by atoms with Crippen LogP contribution in [0.3, 0.4) is 0 Å². The van der Waals surface area contributed by atoms with Crippen LogP contribution in [0.1, 0.15) is 11.5 Å². The Kier molecular flexibility index (Phi) is 1.79. The van der Waals surface area contributed by atoms with Crippen LogP contribution in [0.5, 0.6) is 5.75 Å². The van der Waals surface area contributed by atoms with E-state index in [1.165, 1.54) is 6.33 Å². The standard InChI is InChI=1S/C8H7N7O/c16-6-2-1-5(3-7-11-13-14-12-7)15-8(6)9-4-10-15/h1-2,4,16H,3H2,(H,11,12,13,14). The van der Waals surface area contributed by atoms with Crippen LogP contribution < -0.4 is 0 Å². The largest absolute Gasteiger partial charge is 0.504 e. The number of hydrogen-bond acceptors (Lipinski definition) is 6. The molecule has 0 aliphatic rings. The number of tetrazole rings is 1. The summed E-state index contributed by atoms with van der Waals surface area (Å²) in [7, 11) is 0. The lowest BCUT2D eigenvalue weighted by atomic mass is 10.2. The van der Waals surface area contributed by atoms with E-state index in [4.69, 9.17) is 0 Å². The van der Waals surface area contributed by atoms with Gasteiger partial charge in [0.2, 0.25) is 0 Å². The number of hydrogen-bond donors (Lipinski definition) is 2. The fourth-order valence-electron chi connectivity index (χ4n) is 1.50. The first-order valence-electron chi connectivity index (χ1n) is 4.57. The molecule has 0 aliphatic carbocycles. The third-order valence-electron chi connectivity index (χ3n) is 2.21. The maximum atomic E-state index is 9.54. The third-order valence-corrected chi connectivity index (χ3v) is 2.21. The molecule has 0 aliphatic heterocycles. The van der Waals surface area contributed by atoms with Crippen molar-refractivity contribution >= 4 is 5.65 Å². The van der Waals surface area contributed by atoms with Crippen LogP contribution in [-0.2, 0) is 6.42 Å². The number of H-pyrrole nitrogens is 1. The number of nitrogens with zero attached hydrogens (tertiary/aromatic N) is 6. The van der Waals surface area contributed by atoms with Gasteiger partial charge in [0.1, 0.15) is 6.33 Å². The number of aromatic nitrogens is 7. The van der Waals surface area contributed by atoms with Crippen LogP contribution in [0.2, 0.25) is 0 Å². The highest BCUT2D eigenvalue weighted by Crippen LogP contribution is 2.17. The Balaban J connectivity index is 2.10. The van der Waals surface area contributed by atoms with Gasteiger partial charge >= 0.3 is 0 Å². The van der Waals surface area contributed by atoms with E-state index in [9.17, 15) is 5.11 Å². The Morgan fingerprint density at radius 3 is 3.12 bits per heavy atom. The molecule has 3 aromatic rings. The van der Waals surface area contributed by atoms with Crippen molar-refractivity contribution in [1.29, 1.82) is 0 Å². The van der Waals surface area contributed by atoms with Crippen LogP contribution >= 0.6 is 0 Å². The molecule has 0 bridgehead atoms. The summed E-state index contributed by atoms with van der Waals surface area (Å²) >= 11 is 0. The molecule has 3 heterocycles. The van der Waals surface area contributed by atoms with Crippen molar-refractivity contribution in [2.24, 2.45) is 0 Å². The van der Waals surface area contributed by atoms with Gasteiger partial charge in [-0.1, -0.05) is 5.21 Å². The molecule has 0 saturated heterocycles. The van der Waals surface area contributed by atoms with Gasteiger partial charge in [-0.3, -0.25) is 0 Å². The normalized spacial score (nSPS) is 11.0. The lowest BCUT2D eigenvalue weighted by Crippen LogP contribution is -2.01. The quantitative estimate of drug-likeness (QED) is 0.601.